The molecule has 0 radical (unpaired) electrons. The highest BCUT2D eigenvalue weighted by atomic mass is 14.3. The van der Waals surface area contributed by atoms with E-state index in [1.165, 1.54) is 11.1 Å². The maximum absolute atomic E-state index is 9.18. The summed E-state index contributed by atoms with van der Waals surface area (Å²) in [7, 11) is 0. The molecule has 0 aliphatic heterocycles. The third-order valence-electron chi connectivity index (χ3n) is 3.51. The minimum atomic E-state index is 0.375. The molecule has 3 rings (SSSR count). The van der Waals surface area contributed by atoms with Crippen LogP contribution in [0.2, 0.25) is 0 Å². The molecule has 0 fully saturated rings. The van der Waals surface area contributed by atoms with E-state index < -0.39 is 0 Å². The zero-order valence-corrected chi connectivity index (χ0v) is 10.0. The highest BCUT2D eigenvalue weighted by Crippen LogP contribution is 2.37. The highest BCUT2D eigenvalue weighted by molar-refractivity contribution is 5.80. The normalized spacial score (nSPS) is 17.5. The fourth-order valence-electron chi connectivity index (χ4n) is 2.63. The third kappa shape index (κ3) is 1.72. The summed E-state index contributed by atoms with van der Waals surface area (Å²) in [4.78, 5) is 0. The van der Waals surface area contributed by atoms with E-state index in [1.54, 1.807) is 0 Å². The summed E-state index contributed by atoms with van der Waals surface area (Å²) in [6, 6.07) is 21.0. The molecule has 1 nitrogen and oxygen atoms in total. The molecular formula is C17H13N. The van der Waals surface area contributed by atoms with Gasteiger partial charge in [-0.15, -0.1) is 0 Å². The van der Waals surface area contributed by atoms with E-state index in [4.69, 9.17) is 0 Å². The van der Waals surface area contributed by atoms with Crippen molar-refractivity contribution in [1.29, 1.82) is 5.26 Å². The summed E-state index contributed by atoms with van der Waals surface area (Å²) < 4.78 is 0. The lowest BCUT2D eigenvalue weighted by Crippen LogP contribution is -2.07. The third-order valence-corrected chi connectivity index (χ3v) is 3.51. The molecule has 0 heterocycles. The number of fused-ring (bicyclic) bond motifs is 1. The maximum atomic E-state index is 9.18. The van der Waals surface area contributed by atoms with E-state index >= 15 is 0 Å². The molecule has 18 heavy (non-hydrogen) atoms. The predicted octanol–water partition coefficient (Wildman–Crippen LogP) is 4.13. The van der Waals surface area contributed by atoms with Gasteiger partial charge in [-0.25, -0.2) is 0 Å². The minimum absolute atomic E-state index is 0.375. The van der Waals surface area contributed by atoms with Gasteiger partial charge in [-0.3, -0.25) is 0 Å². The monoisotopic (exact) mass is 231 g/mol. The minimum Gasteiger partial charge on any atom is -0.192 e. The van der Waals surface area contributed by atoms with Gasteiger partial charge in [-0.2, -0.15) is 5.26 Å². The zero-order chi connectivity index (χ0) is 12.4. The number of hydrogen-bond acceptors (Lipinski definition) is 1. The molecule has 1 heteroatoms. The van der Waals surface area contributed by atoms with Crippen LogP contribution in [0.4, 0.5) is 0 Å². The van der Waals surface area contributed by atoms with Crippen LogP contribution in [0.1, 0.15) is 29.0 Å². The van der Waals surface area contributed by atoms with Gasteiger partial charge >= 0.3 is 0 Å². The Morgan fingerprint density at radius 3 is 2.44 bits per heavy atom. The molecular weight excluding hydrogens is 218 g/mol. The molecule has 0 N–H and O–H groups in total. The van der Waals surface area contributed by atoms with Gasteiger partial charge in [0.15, 0.2) is 0 Å². The Morgan fingerprint density at radius 2 is 1.67 bits per heavy atom. The van der Waals surface area contributed by atoms with Crippen molar-refractivity contribution >= 4 is 5.57 Å². The van der Waals surface area contributed by atoms with E-state index in [0.717, 1.165) is 17.6 Å². The Balaban J connectivity index is 2.12. The molecule has 0 aromatic heterocycles. The number of nitrogens with zero attached hydrogens (tertiary/aromatic N) is 1. The molecule has 2 aromatic carbocycles. The van der Waals surface area contributed by atoms with Crippen LogP contribution in [0.5, 0.6) is 0 Å². The van der Waals surface area contributed by atoms with Crippen molar-refractivity contribution in [1.82, 2.24) is 0 Å². The number of hydrogen-bond donors (Lipinski definition) is 0. The van der Waals surface area contributed by atoms with Gasteiger partial charge in [0.25, 0.3) is 0 Å². The predicted molar refractivity (Wildman–Crippen MR) is 72.9 cm³/mol. The molecule has 0 saturated heterocycles. The second-order valence-electron chi connectivity index (χ2n) is 4.52. The zero-order valence-electron chi connectivity index (χ0n) is 10.0. The Morgan fingerprint density at radius 1 is 0.944 bits per heavy atom. The standard InChI is InChI=1S/C17H13N/c18-12-14-10-11-16(13-6-2-1-3-7-13)17-9-5-4-8-15(14)17/h1-10,16H,11H2. The second kappa shape index (κ2) is 4.50. The van der Waals surface area contributed by atoms with E-state index in [2.05, 4.69) is 48.5 Å². The summed E-state index contributed by atoms with van der Waals surface area (Å²) in [5.41, 5.74) is 4.47. The van der Waals surface area contributed by atoms with Crippen molar-refractivity contribution in [2.45, 2.75) is 12.3 Å². The molecule has 0 bridgehead atoms. The molecule has 0 saturated carbocycles. The van der Waals surface area contributed by atoms with Crippen molar-refractivity contribution in [3.8, 4) is 6.07 Å². The lowest BCUT2D eigenvalue weighted by Gasteiger charge is -2.23. The first-order valence-corrected chi connectivity index (χ1v) is 6.14. The fourth-order valence-corrected chi connectivity index (χ4v) is 2.63. The molecule has 1 atom stereocenters. The molecule has 2 aromatic rings. The summed E-state index contributed by atoms with van der Waals surface area (Å²) in [6.45, 7) is 0. The first-order chi connectivity index (χ1) is 8.90. The summed E-state index contributed by atoms with van der Waals surface area (Å²) in [5.74, 6) is 0.375. The quantitative estimate of drug-likeness (QED) is 0.724. The lowest BCUT2D eigenvalue weighted by atomic mass is 9.79. The van der Waals surface area contributed by atoms with Crippen molar-refractivity contribution < 1.29 is 0 Å². The number of rotatable bonds is 1. The van der Waals surface area contributed by atoms with Gasteiger partial charge in [0.05, 0.1) is 11.6 Å². The Bertz CT molecular complexity index is 632. The molecule has 86 valence electrons. The molecule has 1 aliphatic carbocycles. The highest BCUT2D eigenvalue weighted by Gasteiger charge is 2.22. The van der Waals surface area contributed by atoms with Crippen LogP contribution < -0.4 is 0 Å². The summed E-state index contributed by atoms with van der Waals surface area (Å²) >= 11 is 0. The van der Waals surface area contributed by atoms with Gasteiger partial charge in [-0.05, 0) is 23.1 Å². The van der Waals surface area contributed by atoms with Gasteiger partial charge in [0.2, 0.25) is 0 Å². The first-order valence-electron chi connectivity index (χ1n) is 6.14. The van der Waals surface area contributed by atoms with Gasteiger partial charge in [-0.1, -0.05) is 60.7 Å². The Kier molecular flexibility index (Phi) is 2.70. The lowest BCUT2D eigenvalue weighted by molar-refractivity contribution is 0.816. The average molecular weight is 231 g/mol. The number of benzene rings is 2. The molecule has 1 unspecified atom stereocenters. The van der Waals surface area contributed by atoms with E-state index in [-0.39, 0.29) is 0 Å². The molecule has 0 spiro atoms. The van der Waals surface area contributed by atoms with E-state index in [1.807, 2.05) is 18.2 Å². The second-order valence-corrected chi connectivity index (χ2v) is 4.52. The number of allylic oxidation sites excluding steroid dienone is 2. The van der Waals surface area contributed by atoms with Crippen molar-refractivity contribution in [2.75, 3.05) is 0 Å². The number of nitriles is 1. The van der Waals surface area contributed by atoms with Crippen LogP contribution in [0.3, 0.4) is 0 Å². The van der Waals surface area contributed by atoms with Crippen molar-refractivity contribution in [3.05, 3.63) is 77.4 Å². The van der Waals surface area contributed by atoms with Gasteiger partial charge < -0.3 is 0 Å². The Hall–Kier alpha value is -2.33. The first kappa shape index (κ1) is 10.8. The van der Waals surface area contributed by atoms with E-state index in [0.29, 0.717) is 5.92 Å². The topological polar surface area (TPSA) is 23.8 Å². The summed E-state index contributed by atoms with van der Waals surface area (Å²) in [5, 5.41) is 9.18. The van der Waals surface area contributed by atoms with Crippen LogP contribution in [-0.4, -0.2) is 0 Å². The average Bonchev–Trinajstić information content (AvgIpc) is 2.47. The molecule has 0 amide bonds. The van der Waals surface area contributed by atoms with Crippen LogP contribution in [0.25, 0.3) is 5.57 Å². The maximum Gasteiger partial charge on any atom is 0.0994 e. The van der Waals surface area contributed by atoms with Crippen LogP contribution >= 0.6 is 0 Å². The molecule has 1 aliphatic rings. The SMILES string of the molecule is N#CC1=CCC(c2ccccc2)c2ccccc21. The van der Waals surface area contributed by atoms with Gasteiger partial charge in [0, 0.05) is 5.92 Å². The van der Waals surface area contributed by atoms with Gasteiger partial charge in [0.1, 0.15) is 0 Å². The van der Waals surface area contributed by atoms with Crippen LogP contribution in [0, 0.1) is 11.3 Å². The van der Waals surface area contributed by atoms with Crippen molar-refractivity contribution in [3.63, 3.8) is 0 Å². The van der Waals surface area contributed by atoms with Crippen molar-refractivity contribution in [2.24, 2.45) is 0 Å². The van der Waals surface area contributed by atoms with Crippen LogP contribution in [0.15, 0.2) is 60.7 Å². The smallest absolute Gasteiger partial charge is 0.0994 e. The van der Waals surface area contributed by atoms with E-state index in [9.17, 15) is 5.26 Å². The Labute approximate surface area is 107 Å². The largest absolute Gasteiger partial charge is 0.192 e. The fraction of sp³-hybridized carbons (Fsp3) is 0.118. The van der Waals surface area contributed by atoms with Crippen LogP contribution in [-0.2, 0) is 0 Å². The summed E-state index contributed by atoms with van der Waals surface area (Å²) in [6.07, 6.45) is 2.96.